The number of anilines is 2. The van der Waals surface area contributed by atoms with Gasteiger partial charge in [-0.3, -0.25) is 14.4 Å². The monoisotopic (exact) mass is 432 g/mol. The van der Waals surface area contributed by atoms with E-state index >= 15 is 0 Å². The molecule has 0 saturated heterocycles. The van der Waals surface area contributed by atoms with Crippen LogP contribution in [0.4, 0.5) is 15.8 Å². The summed E-state index contributed by atoms with van der Waals surface area (Å²) in [4.78, 5) is 39.1. The van der Waals surface area contributed by atoms with Crippen molar-refractivity contribution in [3.8, 4) is 5.75 Å². The minimum atomic E-state index is -0.406. The fraction of sp³-hybridized carbons (Fsp3) is 0.160. The second-order valence-corrected chi connectivity index (χ2v) is 7.53. The van der Waals surface area contributed by atoms with Crippen LogP contribution in [-0.2, 0) is 9.59 Å². The van der Waals surface area contributed by atoms with Gasteiger partial charge in [0.15, 0.2) is 12.4 Å². The molecule has 0 unspecified atom stereocenters. The van der Waals surface area contributed by atoms with Crippen LogP contribution in [0.1, 0.15) is 29.3 Å². The van der Waals surface area contributed by atoms with Crippen molar-refractivity contribution in [2.75, 3.05) is 16.8 Å². The number of nitrogens with one attached hydrogen (secondary N) is 1. The van der Waals surface area contributed by atoms with Gasteiger partial charge >= 0.3 is 0 Å². The highest BCUT2D eigenvalue weighted by Gasteiger charge is 2.29. The van der Waals surface area contributed by atoms with Gasteiger partial charge in [0.25, 0.3) is 5.91 Å². The number of carbonyl (C=O) groups is 3. The molecule has 0 fully saturated rings. The number of amides is 2. The molecule has 0 spiro atoms. The molecule has 1 atom stereocenters. The van der Waals surface area contributed by atoms with Gasteiger partial charge in [-0.05, 0) is 67.6 Å². The molecule has 0 bridgehead atoms. The minimum absolute atomic E-state index is 0.150. The largest absolute Gasteiger partial charge is 0.484 e. The maximum Gasteiger partial charge on any atom is 0.265 e. The second kappa shape index (κ2) is 9.01. The van der Waals surface area contributed by atoms with Crippen molar-refractivity contribution < 1.29 is 23.5 Å². The molecule has 1 aliphatic heterocycles. The van der Waals surface area contributed by atoms with Gasteiger partial charge in [0.1, 0.15) is 11.6 Å². The Morgan fingerprint density at radius 1 is 1.00 bits per heavy atom. The van der Waals surface area contributed by atoms with Gasteiger partial charge in [0.2, 0.25) is 5.91 Å². The van der Waals surface area contributed by atoms with E-state index < -0.39 is 5.82 Å². The Bertz CT molecular complexity index is 1160. The van der Waals surface area contributed by atoms with Crippen LogP contribution in [0.2, 0.25) is 0 Å². The molecule has 1 heterocycles. The van der Waals surface area contributed by atoms with E-state index in [0.717, 1.165) is 0 Å². The fourth-order valence-electron chi connectivity index (χ4n) is 3.65. The summed E-state index contributed by atoms with van der Waals surface area (Å²) in [6, 6.07) is 18.5. The first-order chi connectivity index (χ1) is 15.4. The highest BCUT2D eigenvalue weighted by Crippen LogP contribution is 2.31. The number of ether oxygens (including phenoxy) is 1. The maximum absolute atomic E-state index is 13.1. The predicted molar refractivity (Wildman–Crippen MR) is 118 cm³/mol. The van der Waals surface area contributed by atoms with Crippen molar-refractivity contribution in [1.29, 1.82) is 0 Å². The SMILES string of the molecule is C[C@@H]1CC(=O)Nc2ccccc2N1C(=O)COc1ccc(C(=O)c2ccc(F)cc2)cc1. The summed E-state index contributed by atoms with van der Waals surface area (Å²) in [6.45, 7) is 1.59. The molecule has 1 N–H and O–H groups in total. The smallest absolute Gasteiger partial charge is 0.265 e. The average Bonchev–Trinajstić information content (AvgIpc) is 2.92. The van der Waals surface area contributed by atoms with Crippen LogP contribution in [0, 0.1) is 5.82 Å². The van der Waals surface area contributed by atoms with Crippen molar-refractivity contribution >= 4 is 29.0 Å². The number of fused-ring (bicyclic) bond motifs is 1. The number of nitrogens with zero attached hydrogens (tertiary/aromatic N) is 1. The van der Waals surface area contributed by atoms with Crippen LogP contribution in [0.25, 0.3) is 0 Å². The lowest BCUT2D eigenvalue weighted by atomic mass is 10.0. The Balaban J connectivity index is 1.44. The Morgan fingerprint density at radius 3 is 2.31 bits per heavy atom. The molecular weight excluding hydrogens is 411 g/mol. The first kappa shape index (κ1) is 21.2. The molecule has 4 rings (SSSR count). The van der Waals surface area contributed by atoms with E-state index in [0.29, 0.717) is 28.3 Å². The van der Waals surface area contributed by atoms with E-state index in [4.69, 9.17) is 4.74 Å². The number of hydrogen-bond donors (Lipinski definition) is 1. The number of benzene rings is 3. The zero-order valence-corrected chi connectivity index (χ0v) is 17.4. The van der Waals surface area contributed by atoms with Crippen molar-refractivity contribution in [2.24, 2.45) is 0 Å². The van der Waals surface area contributed by atoms with Crippen molar-refractivity contribution in [1.82, 2.24) is 0 Å². The van der Waals surface area contributed by atoms with Crippen LogP contribution < -0.4 is 15.0 Å². The van der Waals surface area contributed by atoms with E-state index in [1.807, 2.05) is 6.92 Å². The van der Waals surface area contributed by atoms with Crippen LogP contribution >= 0.6 is 0 Å². The third kappa shape index (κ3) is 4.51. The van der Waals surface area contributed by atoms with Gasteiger partial charge in [-0.25, -0.2) is 4.39 Å². The molecule has 1 aliphatic rings. The first-order valence-corrected chi connectivity index (χ1v) is 10.2. The summed E-state index contributed by atoms with van der Waals surface area (Å²) in [6.07, 6.45) is 0.181. The molecule has 0 radical (unpaired) electrons. The van der Waals surface area contributed by atoms with E-state index in [2.05, 4.69) is 5.32 Å². The lowest BCUT2D eigenvalue weighted by molar-refractivity contribution is -0.121. The lowest BCUT2D eigenvalue weighted by Gasteiger charge is -2.27. The summed E-state index contributed by atoms with van der Waals surface area (Å²) in [5.74, 6) is -0.647. The number of halogens is 1. The highest BCUT2D eigenvalue weighted by molar-refractivity contribution is 6.09. The summed E-state index contributed by atoms with van der Waals surface area (Å²) in [7, 11) is 0. The molecule has 0 aromatic heterocycles. The molecule has 0 saturated carbocycles. The summed E-state index contributed by atoms with van der Waals surface area (Å²) >= 11 is 0. The first-order valence-electron chi connectivity index (χ1n) is 10.2. The molecule has 0 aliphatic carbocycles. The van der Waals surface area contributed by atoms with Crippen LogP contribution in [0.5, 0.6) is 5.75 Å². The third-order valence-corrected chi connectivity index (χ3v) is 5.21. The van der Waals surface area contributed by atoms with Crippen LogP contribution in [0.3, 0.4) is 0 Å². The zero-order chi connectivity index (χ0) is 22.7. The minimum Gasteiger partial charge on any atom is -0.484 e. The molecule has 7 heteroatoms. The Kier molecular flexibility index (Phi) is 5.98. The molecular formula is C25H21FN2O4. The molecule has 2 amide bonds. The highest BCUT2D eigenvalue weighted by atomic mass is 19.1. The average molecular weight is 432 g/mol. The van der Waals surface area contributed by atoms with Gasteiger partial charge < -0.3 is 15.0 Å². The van der Waals surface area contributed by atoms with Gasteiger partial charge in [0, 0.05) is 23.6 Å². The zero-order valence-electron chi connectivity index (χ0n) is 17.4. The van der Waals surface area contributed by atoms with Crippen molar-refractivity contribution in [3.05, 3.63) is 89.7 Å². The van der Waals surface area contributed by atoms with Gasteiger partial charge in [0.05, 0.1) is 11.4 Å². The Morgan fingerprint density at radius 2 is 1.62 bits per heavy atom. The van der Waals surface area contributed by atoms with E-state index in [1.54, 1.807) is 53.4 Å². The number of ketones is 1. The quantitative estimate of drug-likeness (QED) is 0.613. The van der Waals surface area contributed by atoms with Crippen molar-refractivity contribution in [2.45, 2.75) is 19.4 Å². The topological polar surface area (TPSA) is 75.7 Å². The molecule has 3 aromatic carbocycles. The second-order valence-electron chi connectivity index (χ2n) is 7.53. The Labute approximate surface area is 184 Å². The molecule has 3 aromatic rings. The number of hydrogen-bond acceptors (Lipinski definition) is 4. The maximum atomic E-state index is 13.1. The normalized spacial score (nSPS) is 15.4. The lowest BCUT2D eigenvalue weighted by Crippen LogP contribution is -2.41. The number of para-hydroxylation sites is 2. The molecule has 162 valence electrons. The predicted octanol–water partition coefficient (Wildman–Crippen LogP) is 4.20. The fourth-order valence-corrected chi connectivity index (χ4v) is 3.65. The van der Waals surface area contributed by atoms with Crippen LogP contribution in [0.15, 0.2) is 72.8 Å². The van der Waals surface area contributed by atoms with E-state index in [-0.39, 0.29) is 36.7 Å². The number of rotatable bonds is 5. The third-order valence-electron chi connectivity index (χ3n) is 5.21. The van der Waals surface area contributed by atoms with Crippen molar-refractivity contribution in [3.63, 3.8) is 0 Å². The summed E-state index contributed by atoms with van der Waals surface area (Å²) in [5, 5.41) is 2.82. The van der Waals surface area contributed by atoms with E-state index in [9.17, 15) is 18.8 Å². The van der Waals surface area contributed by atoms with Gasteiger partial charge in [-0.1, -0.05) is 12.1 Å². The summed E-state index contributed by atoms with van der Waals surface area (Å²) < 4.78 is 18.7. The molecule has 32 heavy (non-hydrogen) atoms. The van der Waals surface area contributed by atoms with Gasteiger partial charge in [-0.2, -0.15) is 0 Å². The standard InChI is InChI=1S/C25H21FN2O4/c1-16-14-23(29)27-21-4-2-3-5-22(21)28(16)24(30)15-32-20-12-8-18(9-13-20)25(31)17-6-10-19(26)11-7-17/h2-13,16H,14-15H2,1H3,(H,27,29)/t16-/m1/s1. The molecule has 6 nitrogen and oxygen atoms in total. The Hall–Kier alpha value is -4.00. The number of carbonyl (C=O) groups excluding carboxylic acids is 3. The summed E-state index contributed by atoms with van der Waals surface area (Å²) in [5.41, 5.74) is 2.01. The van der Waals surface area contributed by atoms with Gasteiger partial charge in [-0.15, -0.1) is 0 Å². The van der Waals surface area contributed by atoms with Crippen LogP contribution in [-0.4, -0.2) is 30.2 Å². The van der Waals surface area contributed by atoms with E-state index in [1.165, 1.54) is 24.3 Å².